The lowest BCUT2D eigenvalue weighted by molar-refractivity contribution is -0.264. The second-order valence-electron chi connectivity index (χ2n) is 21.2. The molecule has 15 atom stereocenters. The van der Waals surface area contributed by atoms with Gasteiger partial charge in [-0.3, -0.25) is 19.2 Å². The lowest BCUT2D eigenvalue weighted by Gasteiger charge is -2.43. The largest absolute Gasteiger partial charge is 0.460 e. The number of amides is 1. The first-order valence-corrected chi connectivity index (χ1v) is 26.0. The molecule has 1 aliphatic carbocycles. The number of Topliss-reactive ketones (excluding diaryl/α,β-unsaturated/α-hetero) is 3. The Kier molecular flexibility index (Phi) is 23.6. The number of aliphatic hydroxyl groups excluding tert-OH is 2. The maximum absolute atomic E-state index is 14.5. The summed E-state index contributed by atoms with van der Waals surface area (Å²) in [6.45, 7) is 12.6. The van der Waals surface area contributed by atoms with Gasteiger partial charge in [-0.15, -0.1) is 0 Å². The molecule has 0 aromatic rings. The van der Waals surface area contributed by atoms with Gasteiger partial charge in [0, 0.05) is 59.0 Å². The van der Waals surface area contributed by atoms with E-state index in [1.807, 2.05) is 51.2 Å². The number of hydrogen-bond donors (Lipinski definition) is 5. The van der Waals surface area contributed by atoms with E-state index in [9.17, 15) is 39.3 Å². The first-order valence-electron chi connectivity index (χ1n) is 26.0. The summed E-state index contributed by atoms with van der Waals surface area (Å²) in [6.07, 6.45) is 11.0. The lowest BCUT2D eigenvalue weighted by Crippen LogP contribution is -2.61. The first kappa shape index (κ1) is 60.1. The van der Waals surface area contributed by atoms with E-state index in [4.69, 9.17) is 24.5 Å². The predicted octanol–water partition coefficient (Wildman–Crippen LogP) is 6.03. The minimum atomic E-state index is -2.50. The van der Waals surface area contributed by atoms with Crippen LogP contribution in [-0.4, -0.2) is 156 Å². The fourth-order valence-electron chi connectivity index (χ4n) is 10.6. The average Bonchev–Trinajstić information content (AvgIpc) is 3.35. The van der Waals surface area contributed by atoms with Crippen LogP contribution in [0, 0.1) is 41.0 Å². The van der Waals surface area contributed by atoms with Crippen molar-refractivity contribution in [1.29, 1.82) is 5.53 Å². The summed E-state index contributed by atoms with van der Waals surface area (Å²) >= 11 is 0. The van der Waals surface area contributed by atoms with Gasteiger partial charge in [-0.05, 0) is 108 Å². The Bertz CT molecular complexity index is 2020. The molecule has 3 fully saturated rings. The van der Waals surface area contributed by atoms with Crippen molar-refractivity contribution in [3.05, 3.63) is 47.6 Å². The number of aliphatic hydroxyl groups is 3. The second kappa shape index (κ2) is 28.3. The summed E-state index contributed by atoms with van der Waals surface area (Å²) < 4.78 is 23.8. The first-order chi connectivity index (χ1) is 34.1. The third-order valence-corrected chi connectivity index (χ3v) is 15.3. The molecule has 0 spiro atoms. The van der Waals surface area contributed by atoms with Gasteiger partial charge in [0.1, 0.15) is 30.1 Å². The number of cyclic esters (lactones) is 1. The Labute approximate surface area is 427 Å². The zero-order chi connectivity index (χ0) is 53.4. The zero-order valence-corrected chi connectivity index (χ0v) is 44.8. The van der Waals surface area contributed by atoms with E-state index in [1.54, 1.807) is 59.9 Å². The van der Waals surface area contributed by atoms with Gasteiger partial charge in [0.05, 0.1) is 24.4 Å². The number of guanidine groups is 1. The number of hydrogen-bond acceptors (Lipinski definition) is 15. The highest BCUT2D eigenvalue weighted by molar-refractivity contribution is 6.39. The van der Waals surface area contributed by atoms with E-state index in [2.05, 4.69) is 15.4 Å². The van der Waals surface area contributed by atoms with E-state index in [1.165, 1.54) is 12.0 Å². The molecular weight excluding hydrogens is 925 g/mol. The van der Waals surface area contributed by atoms with Crippen LogP contribution >= 0.6 is 0 Å². The van der Waals surface area contributed by atoms with Crippen LogP contribution < -0.4 is 5.32 Å². The van der Waals surface area contributed by atoms with Crippen LogP contribution in [0.25, 0.3) is 0 Å². The van der Waals surface area contributed by atoms with Crippen molar-refractivity contribution in [2.24, 2.45) is 45.6 Å². The number of esters is 1. The molecule has 3 aliphatic heterocycles. The normalized spacial score (nSPS) is 37.8. The van der Waals surface area contributed by atoms with Crippen molar-refractivity contribution in [3.63, 3.8) is 0 Å². The van der Waals surface area contributed by atoms with E-state index < -0.39 is 83.8 Å². The minimum absolute atomic E-state index is 0.0233. The molecule has 404 valence electrons. The van der Waals surface area contributed by atoms with Crippen molar-refractivity contribution in [3.8, 4) is 0 Å². The lowest BCUT2D eigenvalue weighted by atomic mass is 9.78. The van der Waals surface area contributed by atoms with Crippen LogP contribution in [0.15, 0.2) is 57.7 Å². The smallest absolute Gasteiger partial charge is 0.329 e. The molecule has 0 aromatic carbocycles. The highest BCUT2D eigenvalue weighted by Crippen LogP contribution is 2.37. The highest BCUT2D eigenvalue weighted by atomic mass is 16.6. The maximum Gasteiger partial charge on any atom is 0.329 e. The van der Waals surface area contributed by atoms with Gasteiger partial charge in [0.2, 0.25) is 5.79 Å². The Hall–Kier alpha value is -4.46. The number of piperidine rings is 1. The number of aliphatic imine (C=N–C) groups is 1. The summed E-state index contributed by atoms with van der Waals surface area (Å²) in [7, 11) is 6.53. The van der Waals surface area contributed by atoms with Gasteiger partial charge in [0.25, 0.3) is 11.7 Å². The molecule has 0 aromatic heterocycles. The predicted molar refractivity (Wildman–Crippen MR) is 272 cm³/mol. The summed E-state index contributed by atoms with van der Waals surface area (Å²) in [4.78, 5) is 78.8. The fraction of sp³-hybridized carbons (Fsp3) is 0.741. The van der Waals surface area contributed by atoms with E-state index in [-0.39, 0.29) is 67.9 Å². The second-order valence-corrected chi connectivity index (χ2v) is 21.2. The average molecular weight is 1010 g/mol. The van der Waals surface area contributed by atoms with Crippen LogP contribution in [0.3, 0.4) is 0 Å². The Morgan fingerprint density at radius 1 is 0.944 bits per heavy atom. The number of nitrogens with zero attached hydrogens (tertiary/aromatic N) is 4. The highest BCUT2D eigenvalue weighted by Gasteiger charge is 2.53. The molecule has 3 heterocycles. The number of rotatable bonds is 8. The number of fused-ring (bicyclic) bond motifs is 3. The van der Waals surface area contributed by atoms with Gasteiger partial charge in [-0.2, -0.15) is 5.11 Å². The third kappa shape index (κ3) is 16.3. The van der Waals surface area contributed by atoms with Crippen molar-refractivity contribution >= 4 is 35.2 Å². The quantitative estimate of drug-likeness (QED) is 0.0465. The van der Waals surface area contributed by atoms with Crippen molar-refractivity contribution in [2.45, 2.75) is 180 Å². The Morgan fingerprint density at radius 3 is 2.33 bits per heavy atom. The number of allylic oxidation sites excluding steroid dienone is 6. The monoisotopic (exact) mass is 1010 g/mol. The zero-order valence-electron chi connectivity index (χ0n) is 44.8. The molecule has 18 heteroatoms. The minimum Gasteiger partial charge on any atom is -0.460 e. The van der Waals surface area contributed by atoms with Crippen molar-refractivity contribution in [1.82, 2.24) is 15.1 Å². The molecule has 1 amide bonds. The third-order valence-electron chi connectivity index (χ3n) is 15.3. The number of carbonyl (C=O) groups is 5. The standard InChI is InChI=1S/C54H86N6O12/c1-32-17-13-12-14-18-33(2)41(58-53(59(8)9)56-31-57-55)29-40-22-20-38(7)54(68,72-40)50(65)51(66)60-24-16-15-19-42(60)52(67)71-45(35(4)27-39-21-23-43(61)46(28-39)69-10)30-44(62)34(3)26-37(6)48(64)49(70-11)47(63)36(5)25-32/h12-14,17-18,26,32,34-36,38-43,45-46,48-49,55,61,64,68H,15-16,19-25,27-31H2,1-11H3,(H,56,58)/b14-12+,17-13+,33-18-,37-26+,57-55?/t32-,34-,35?,36-,38-,39-,40+,41-,42+,43-,45+,46-,48-,49+,54-/m1/s1. The number of methoxy groups -OCH3 is 2. The maximum atomic E-state index is 14.5. The van der Waals surface area contributed by atoms with Gasteiger partial charge in [0.15, 0.2) is 18.4 Å². The van der Waals surface area contributed by atoms with E-state index in [0.717, 1.165) is 5.57 Å². The molecule has 4 aliphatic rings. The molecule has 1 saturated carbocycles. The molecule has 18 nitrogen and oxygen atoms in total. The molecule has 0 radical (unpaired) electrons. The summed E-state index contributed by atoms with van der Waals surface area (Å²) in [5.41, 5.74) is 8.55. The molecule has 2 saturated heterocycles. The SMILES string of the molecule is CO[C@@H]1C[C@@H](CC(C)[C@@H]2CC(=O)[C@H](C)/C=C(\C)[C@@H](O)[C@@H](OC)C(=O)[C@H](C)C[C@H](C)/C=C/C=C/C=C(/C)[C@H](NC(=NCN=N)N(C)C)C[C@@H]3CC[C@@H](C)[C@@](O)(O3)C(=O)C(=O)N3CCCC[C@H]3C(=O)O2)CC[C@H]1O. The number of carbonyl (C=O) groups excluding carboxylic acids is 5. The van der Waals surface area contributed by atoms with Crippen molar-refractivity contribution in [2.75, 3.05) is 41.5 Å². The van der Waals surface area contributed by atoms with Gasteiger partial charge in [-0.25, -0.2) is 15.3 Å². The number of ether oxygens (including phenoxy) is 4. The Balaban J connectivity index is 1.76. The van der Waals surface area contributed by atoms with Crippen LogP contribution in [0.1, 0.15) is 126 Å². The van der Waals surface area contributed by atoms with Crippen LogP contribution in [0.2, 0.25) is 0 Å². The molecular formula is C54H86N6O12. The summed E-state index contributed by atoms with van der Waals surface area (Å²) in [6, 6.07) is -1.63. The van der Waals surface area contributed by atoms with Crippen LogP contribution in [-0.2, 0) is 42.9 Å². The molecule has 1 unspecified atom stereocenters. The molecule has 2 bridgehead atoms. The van der Waals surface area contributed by atoms with Crippen molar-refractivity contribution < 1.29 is 58.2 Å². The molecule has 4 rings (SSSR count). The van der Waals surface area contributed by atoms with E-state index in [0.29, 0.717) is 69.3 Å². The van der Waals surface area contributed by atoms with Gasteiger partial charge >= 0.3 is 5.97 Å². The number of nitrogens with one attached hydrogen (secondary N) is 2. The Morgan fingerprint density at radius 2 is 1.67 bits per heavy atom. The topological polar surface area (TPSA) is 250 Å². The van der Waals surface area contributed by atoms with Gasteiger partial charge in [-0.1, -0.05) is 76.6 Å². The fourth-order valence-corrected chi connectivity index (χ4v) is 10.6. The molecule has 72 heavy (non-hydrogen) atoms. The van der Waals surface area contributed by atoms with E-state index >= 15 is 0 Å². The van der Waals surface area contributed by atoms with Gasteiger partial charge < -0.3 is 49.4 Å². The van der Waals surface area contributed by atoms with Crippen LogP contribution in [0.4, 0.5) is 0 Å². The van der Waals surface area contributed by atoms with Crippen LogP contribution in [0.5, 0.6) is 0 Å². The molecule has 5 N–H and O–H groups in total. The summed E-state index contributed by atoms with van der Waals surface area (Å²) in [5, 5.41) is 41.0. The summed E-state index contributed by atoms with van der Waals surface area (Å²) in [5.74, 6) is -7.90. The number of ketones is 3.